The summed E-state index contributed by atoms with van der Waals surface area (Å²) in [7, 11) is 1.42. The van der Waals surface area contributed by atoms with Crippen molar-refractivity contribution in [1.29, 1.82) is 0 Å². The summed E-state index contributed by atoms with van der Waals surface area (Å²) >= 11 is 0. The number of ether oxygens (including phenoxy) is 1. The fourth-order valence-corrected chi connectivity index (χ4v) is 1.93. The second kappa shape index (κ2) is 8.47. The molecule has 0 spiro atoms. The average molecular weight is 329 g/mol. The number of nitrogens with zero attached hydrogens (tertiary/aromatic N) is 3. The molecule has 0 saturated carbocycles. The molecule has 1 heterocycles. The van der Waals surface area contributed by atoms with Gasteiger partial charge in [0.1, 0.15) is 30.6 Å². The van der Waals surface area contributed by atoms with Crippen molar-refractivity contribution in [3.8, 4) is 11.6 Å². The Balaban J connectivity index is 2.13. The van der Waals surface area contributed by atoms with E-state index in [1.54, 1.807) is 12.1 Å². The van der Waals surface area contributed by atoms with Crippen LogP contribution in [0.3, 0.4) is 0 Å². The number of likely N-dealkylation sites (N-methyl/N-ethyl adjacent to an activating group) is 1. The van der Waals surface area contributed by atoms with E-state index in [0.29, 0.717) is 24.3 Å². The smallest absolute Gasteiger partial charge is 0.233 e. The van der Waals surface area contributed by atoms with Crippen LogP contribution in [0.25, 0.3) is 0 Å². The van der Waals surface area contributed by atoms with Gasteiger partial charge < -0.3 is 20.6 Å². The number of amides is 1. The SMILES string of the molecule is CCNC(=O)Cc1ccc(Oc2ncnc(N)c2/C=N/OC)cc1. The number of hydrogen-bond acceptors (Lipinski definition) is 7. The Bertz CT molecular complexity index is 716. The first-order valence-corrected chi connectivity index (χ1v) is 7.34. The maximum absolute atomic E-state index is 11.6. The molecule has 0 unspecified atom stereocenters. The molecule has 1 aromatic carbocycles. The van der Waals surface area contributed by atoms with Crippen molar-refractivity contribution in [1.82, 2.24) is 15.3 Å². The van der Waals surface area contributed by atoms with Gasteiger partial charge in [0, 0.05) is 6.54 Å². The molecule has 24 heavy (non-hydrogen) atoms. The monoisotopic (exact) mass is 329 g/mol. The van der Waals surface area contributed by atoms with Gasteiger partial charge in [-0.05, 0) is 24.6 Å². The summed E-state index contributed by atoms with van der Waals surface area (Å²) in [5.74, 6) is 1.03. The van der Waals surface area contributed by atoms with Gasteiger partial charge >= 0.3 is 0 Å². The van der Waals surface area contributed by atoms with Crippen molar-refractivity contribution in [2.45, 2.75) is 13.3 Å². The quantitative estimate of drug-likeness (QED) is 0.588. The first-order chi connectivity index (χ1) is 11.6. The highest BCUT2D eigenvalue weighted by Crippen LogP contribution is 2.24. The van der Waals surface area contributed by atoms with Crippen LogP contribution in [0.2, 0.25) is 0 Å². The summed E-state index contributed by atoms with van der Waals surface area (Å²) < 4.78 is 5.72. The minimum atomic E-state index is -0.0206. The molecule has 0 aliphatic carbocycles. The highest BCUT2D eigenvalue weighted by molar-refractivity contribution is 5.88. The molecule has 8 heteroatoms. The first-order valence-electron chi connectivity index (χ1n) is 7.34. The van der Waals surface area contributed by atoms with Crippen LogP contribution in [0.4, 0.5) is 5.82 Å². The van der Waals surface area contributed by atoms with Gasteiger partial charge in [-0.2, -0.15) is 0 Å². The number of carbonyl (C=O) groups is 1. The van der Waals surface area contributed by atoms with E-state index >= 15 is 0 Å². The molecule has 0 saturated heterocycles. The lowest BCUT2D eigenvalue weighted by Crippen LogP contribution is -2.24. The zero-order valence-electron chi connectivity index (χ0n) is 13.5. The van der Waals surface area contributed by atoms with Crippen LogP contribution in [-0.4, -0.2) is 35.7 Å². The fraction of sp³-hybridized carbons (Fsp3) is 0.250. The van der Waals surface area contributed by atoms with Crippen LogP contribution >= 0.6 is 0 Å². The largest absolute Gasteiger partial charge is 0.438 e. The summed E-state index contributed by atoms with van der Waals surface area (Å²) in [6.07, 6.45) is 3.01. The van der Waals surface area contributed by atoms with Crippen LogP contribution in [0, 0.1) is 0 Å². The number of aromatic nitrogens is 2. The van der Waals surface area contributed by atoms with Gasteiger partial charge in [-0.3, -0.25) is 4.79 Å². The van der Waals surface area contributed by atoms with Crippen LogP contribution in [0.1, 0.15) is 18.1 Å². The normalized spacial score (nSPS) is 10.6. The molecule has 2 rings (SSSR count). The van der Waals surface area contributed by atoms with Crippen molar-refractivity contribution in [2.75, 3.05) is 19.4 Å². The molecule has 0 fully saturated rings. The highest BCUT2D eigenvalue weighted by Gasteiger charge is 2.10. The lowest BCUT2D eigenvalue weighted by molar-refractivity contribution is -0.120. The van der Waals surface area contributed by atoms with E-state index in [0.717, 1.165) is 5.56 Å². The van der Waals surface area contributed by atoms with Gasteiger partial charge in [-0.15, -0.1) is 0 Å². The molecule has 8 nitrogen and oxygen atoms in total. The highest BCUT2D eigenvalue weighted by atomic mass is 16.6. The zero-order valence-corrected chi connectivity index (χ0v) is 13.5. The molecular weight excluding hydrogens is 310 g/mol. The Morgan fingerprint density at radius 2 is 2.08 bits per heavy atom. The Morgan fingerprint density at radius 3 is 2.75 bits per heavy atom. The van der Waals surface area contributed by atoms with Gasteiger partial charge in [0.2, 0.25) is 11.8 Å². The van der Waals surface area contributed by atoms with Crippen molar-refractivity contribution in [3.63, 3.8) is 0 Å². The molecule has 126 valence electrons. The van der Waals surface area contributed by atoms with E-state index < -0.39 is 0 Å². The zero-order chi connectivity index (χ0) is 17.4. The summed E-state index contributed by atoms with van der Waals surface area (Å²) in [5, 5.41) is 6.41. The number of nitrogen functional groups attached to an aromatic ring is 1. The third-order valence-corrected chi connectivity index (χ3v) is 3.04. The molecule has 1 aromatic heterocycles. The van der Waals surface area contributed by atoms with Crippen LogP contribution in [-0.2, 0) is 16.1 Å². The number of carbonyl (C=O) groups excluding carboxylic acids is 1. The lowest BCUT2D eigenvalue weighted by atomic mass is 10.1. The second-order valence-corrected chi connectivity index (χ2v) is 4.77. The molecule has 0 aliphatic heterocycles. The van der Waals surface area contributed by atoms with E-state index in [-0.39, 0.29) is 17.6 Å². The standard InChI is InChI=1S/C16H19N5O3/c1-3-18-14(22)8-11-4-6-12(7-5-11)24-16-13(9-21-23-2)15(17)19-10-20-16/h4-7,9-10H,3,8H2,1-2H3,(H,18,22)(H2,17,19,20)/b21-9+. The molecule has 3 N–H and O–H groups in total. The number of rotatable bonds is 7. The molecule has 0 bridgehead atoms. The molecule has 0 radical (unpaired) electrons. The van der Waals surface area contributed by atoms with E-state index in [4.69, 9.17) is 10.5 Å². The van der Waals surface area contributed by atoms with E-state index in [9.17, 15) is 4.79 Å². The van der Waals surface area contributed by atoms with Crippen molar-refractivity contribution in [2.24, 2.45) is 5.16 Å². The minimum absolute atomic E-state index is 0.0206. The van der Waals surface area contributed by atoms with Crippen LogP contribution in [0.15, 0.2) is 35.7 Å². The summed E-state index contributed by atoms with van der Waals surface area (Å²) in [6.45, 7) is 2.49. The third kappa shape index (κ3) is 4.67. The first kappa shape index (κ1) is 17.2. The topological polar surface area (TPSA) is 112 Å². The molecule has 0 aliphatic rings. The molecule has 2 aromatic rings. The Kier molecular flexibility index (Phi) is 6.07. The van der Waals surface area contributed by atoms with Gasteiger partial charge in [0.05, 0.1) is 12.6 Å². The summed E-state index contributed by atoms with van der Waals surface area (Å²) in [4.78, 5) is 24.2. The minimum Gasteiger partial charge on any atom is -0.438 e. The number of nitrogens with two attached hydrogens (primary N) is 1. The predicted octanol–water partition coefficient (Wildman–Crippen LogP) is 1.51. The maximum Gasteiger partial charge on any atom is 0.233 e. The number of nitrogens with one attached hydrogen (secondary N) is 1. The van der Waals surface area contributed by atoms with E-state index in [1.807, 2.05) is 19.1 Å². The predicted molar refractivity (Wildman–Crippen MR) is 90.0 cm³/mol. The van der Waals surface area contributed by atoms with Crippen molar-refractivity contribution in [3.05, 3.63) is 41.7 Å². The Labute approximate surface area is 139 Å². The summed E-state index contributed by atoms with van der Waals surface area (Å²) in [6, 6.07) is 7.14. The van der Waals surface area contributed by atoms with Crippen molar-refractivity contribution < 1.29 is 14.4 Å². The number of benzene rings is 1. The second-order valence-electron chi connectivity index (χ2n) is 4.77. The number of oxime groups is 1. The third-order valence-electron chi connectivity index (χ3n) is 3.04. The van der Waals surface area contributed by atoms with E-state index in [1.165, 1.54) is 19.7 Å². The number of anilines is 1. The molecule has 1 amide bonds. The van der Waals surface area contributed by atoms with Gasteiger partial charge in [-0.25, -0.2) is 9.97 Å². The van der Waals surface area contributed by atoms with E-state index in [2.05, 4.69) is 25.3 Å². The average Bonchev–Trinajstić information content (AvgIpc) is 2.56. The fourth-order valence-electron chi connectivity index (χ4n) is 1.93. The Morgan fingerprint density at radius 1 is 1.33 bits per heavy atom. The van der Waals surface area contributed by atoms with Gasteiger partial charge in [-0.1, -0.05) is 17.3 Å². The molecular formula is C16H19N5O3. The lowest BCUT2D eigenvalue weighted by Gasteiger charge is -2.09. The Hall–Kier alpha value is -3.16. The van der Waals surface area contributed by atoms with Crippen LogP contribution < -0.4 is 15.8 Å². The maximum atomic E-state index is 11.6. The molecule has 0 atom stereocenters. The van der Waals surface area contributed by atoms with Gasteiger partial charge in [0.15, 0.2) is 0 Å². The summed E-state index contributed by atoms with van der Waals surface area (Å²) in [5.41, 5.74) is 7.11. The van der Waals surface area contributed by atoms with Crippen molar-refractivity contribution >= 4 is 17.9 Å². The van der Waals surface area contributed by atoms with Gasteiger partial charge in [0.25, 0.3) is 0 Å². The number of hydrogen-bond donors (Lipinski definition) is 2. The van der Waals surface area contributed by atoms with Crippen LogP contribution in [0.5, 0.6) is 11.6 Å².